The molecule has 0 aromatic carbocycles. The van der Waals surface area contributed by atoms with Gasteiger partial charge in [0.25, 0.3) is 0 Å². The second-order valence-electron chi connectivity index (χ2n) is 6.15. The van der Waals surface area contributed by atoms with Gasteiger partial charge in [-0.05, 0) is 12.8 Å². The molecule has 0 aliphatic heterocycles. The average molecular weight is 302 g/mol. The Morgan fingerprint density at radius 1 is 0.714 bits per heavy atom. The Hall–Kier alpha value is -0.570. The minimum atomic E-state index is -0.577. The van der Waals surface area contributed by atoms with Crippen molar-refractivity contribution >= 4 is 5.97 Å². The summed E-state index contributed by atoms with van der Waals surface area (Å²) >= 11 is 0. The molecule has 3 heteroatoms. The van der Waals surface area contributed by atoms with Crippen LogP contribution in [0, 0.1) is 5.92 Å². The smallest absolute Gasteiger partial charge is 0.306 e. The second kappa shape index (κ2) is 17.5. The van der Waals surface area contributed by atoms with E-state index < -0.39 is 5.97 Å². The van der Waals surface area contributed by atoms with Crippen LogP contribution in [-0.4, -0.2) is 11.1 Å². The van der Waals surface area contributed by atoms with Crippen LogP contribution < -0.4 is 6.15 Å². The highest BCUT2D eigenvalue weighted by atomic mass is 16.4. The van der Waals surface area contributed by atoms with Gasteiger partial charge in [0.1, 0.15) is 0 Å². The monoisotopic (exact) mass is 301 g/mol. The molecule has 3 nitrogen and oxygen atoms in total. The Morgan fingerprint density at radius 3 is 1.38 bits per heavy atom. The van der Waals surface area contributed by atoms with Gasteiger partial charge in [0, 0.05) is 0 Å². The Balaban J connectivity index is 0. The molecule has 0 spiro atoms. The normalized spacial score (nSPS) is 10.6. The number of carboxylic acid groups (broad SMARTS) is 1. The van der Waals surface area contributed by atoms with E-state index in [1.165, 1.54) is 64.2 Å². The Morgan fingerprint density at radius 2 is 1.05 bits per heavy atom. The predicted octanol–water partition coefficient (Wildman–Crippen LogP) is 6.35. The number of aliphatic carboxylic acids is 1. The van der Waals surface area contributed by atoms with Gasteiger partial charge < -0.3 is 11.3 Å². The molecule has 0 saturated heterocycles. The molecule has 21 heavy (non-hydrogen) atoms. The van der Waals surface area contributed by atoms with Gasteiger partial charge in [-0.15, -0.1) is 0 Å². The van der Waals surface area contributed by atoms with Crippen molar-refractivity contribution in [2.75, 3.05) is 0 Å². The third kappa shape index (κ3) is 15.6. The molecule has 0 unspecified atom stereocenters. The minimum Gasteiger partial charge on any atom is -0.481 e. The molecule has 4 N–H and O–H groups in total. The Bertz CT molecular complexity index is 203. The fourth-order valence-electron chi connectivity index (χ4n) is 2.73. The van der Waals surface area contributed by atoms with Crippen LogP contribution in [0.1, 0.15) is 104 Å². The van der Waals surface area contributed by atoms with E-state index >= 15 is 0 Å². The minimum absolute atomic E-state index is 0. The van der Waals surface area contributed by atoms with Crippen molar-refractivity contribution in [2.24, 2.45) is 5.92 Å². The van der Waals surface area contributed by atoms with Gasteiger partial charge in [0.05, 0.1) is 5.92 Å². The predicted molar refractivity (Wildman–Crippen MR) is 92.1 cm³/mol. The quantitative estimate of drug-likeness (QED) is 0.346. The highest BCUT2D eigenvalue weighted by molar-refractivity contribution is 5.69. The van der Waals surface area contributed by atoms with Gasteiger partial charge in [0.15, 0.2) is 0 Å². The van der Waals surface area contributed by atoms with Gasteiger partial charge in [0.2, 0.25) is 0 Å². The second-order valence-corrected chi connectivity index (χ2v) is 6.15. The van der Waals surface area contributed by atoms with Gasteiger partial charge in [-0.3, -0.25) is 4.79 Å². The highest BCUT2D eigenvalue weighted by Crippen LogP contribution is 2.19. The van der Waals surface area contributed by atoms with Gasteiger partial charge in [-0.2, -0.15) is 0 Å². The van der Waals surface area contributed by atoms with Crippen LogP contribution >= 0.6 is 0 Å². The maximum Gasteiger partial charge on any atom is 0.306 e. The lowest BCUT2D eigenvalue weighted by molar-refractivity contribution is -0.142. The van der Waals surface area contributed by atoms with Crippen LogP contribution in [0.15, 0.2) is 0 Å². The van der Waals surface area contributed by atoms with E-state index in [2.05, 4.69) is 13.8 Å². The van der Waals surface area contributed by atoms with Crippen molar-refractivity contribution in [3.05, 3.63) is 0 Å². The third-order valence-corrected chi connectivity index (χ3v) is 4.16. The summed E-state index contributed by atoms with van der Waals surface area (Å²) in [4.78, 5) is 11.2. The van der Waals surface area contributed by atoms with Crippen molar-refractivity contribution in [1.29, 1.82) is 0 Å². The molecule has 0 rings (SSSR count). The van der Waals surface area contributed by atoms with Crippen molar-refractivity contribution in [1.82, 2.24) is 6.15 Å². The van der Waals surface area contributed by atoms with Crippen LogP contribution in [0.5, 0.6) is 0 Å². The summed E-state index contributed by atoms with van der Waals surface area (Å²) in [7, 11) is 0. The SMILES string of the molecule is CCCCCCCCC(CCCCCCCC)C(=O)O.N. The Kier molecular flexibility index (Phi) is 18.9. The lowest BCUT2D eigenvalue weighted by Gasteiger charge is -2.12. The van der Waals surface area contributed by atoms with Crippen LogP contribution in [0.2, 0.25) is 0 Å². The average Bonchev–Trinajstić information content (AvgIpc) is 2.43. The first-order chi connectivity index (χ1) is 9.72. The molecule has 0 aromatic heterocycles. The number of unbranched alkanes of at least 4 members (excludes halogenated alkanes) is 10. The molecule has 0 atom stereocenters. The number of hydrogen-bond donors (Lipinski definition) is 2. The largest absolute Gasteiger partial charge is 0.481 e. The van der Waals surface area contributed by atoms with E-state index in [-0.39, 0.29) is 12.1 Å². The lowest BCUT2D eigenvalue weighted by atomic mass is 9.94. The zero-order chi connectivity index (χ0) is 15.1. The van der Waals surface area contributed by atoms with Crippen molar-refractivity contribution < 1.29 is 9.90 Å². The van der Waals surface area contributed by atoms with Crippen molar-refractivity contribution in [3.8, 4) is 0 Å². The standard InChI is InChI=1S/C18H36O2.H3N/c1-3-5-7-9-11-13-15-17(18(19)20)16-14-12-10-8-6-4-2;/h17H,3-16H2,1-2H3,(H,19,20);1H3. The van der Waals surface area contributed by atoms with Crippen LogP contribution in [0.25, 0.3) is 0 Å². The third-order valence-electron chi connectivity index (χ3n) is 4.16. The molecule has 128 valence electrons. The number of rotatable bonds is 15. The number of carboxylic acids is 1. The summed E-state index contributed by atoms with van der Waals surface area (Å²) in [6, 6.07) is 0. The molecule has 0 aliphatic rings. The molecule has 0 aliphatic carbocycles. The van der Waals surface area contributed by atoms with E-state index in [0.29, 0.717) is 0 Å². The van der Waals surface area contributed by atoms with Crippen LogP contribution in [-0.2, 0) is 4.79 Å². The zero-order valence-electron chi connectivity index (χ0n) is 14.5. The molecular formula is C18H39NO2. The molecule has 0 amide bonds. The van der Waals surface area contributed by atoms with Gasteiger partial charge >= 0.3 is 5.97 Å². The van der Waals surface area contributed by atoms with Crippen LogP contribution in [0.4, 0.5) is 0 Å². The van der Waals surface area contributed by atoms with Gasteiger partial charge in [-0.1, -0.05) is 90.9 Å². The molecule has 0 fully saturated rings. The number of hydrogen-bond acceptors (Lipinski definition) is 2. The first kappa shape index (κ1) is 22.7. The highest BCUT2D eigenvalue weighted by Gasteiger charge is 2.16. The first-order valence-electron chi connectivity index (χ1n) is 8.95. The van der Waals surface area contributed by atoms with Crippen molar-refractivity contribution in [2.45, 2.75) is 104 Å². The maximum atomic E-state index is 11.2. The summed E-state index contributed by atoms with van der Waals surface area (Å²) in [5.41, 5.74) is 0. The van der Waals surface area contributed by atoms with Crippen molar-refractivity contribution in [3.63, 3.8) is 0 Å². The maximum absolute atomic E-state index is 11.2. The van der Waals surface area contributed by atoms with Crippen LogP contribution in [0.3, 0.4) is 0 Å². The van der Waals surface area contributed by atoms with E-state index in [1.807, 2.05) is 0 Å². The zero-order valence-corrected chi connectivity index (χ0v) is 14.5. The van der Waals surface area contributed by atoms with E-state index in [4.69, 9.17) is 0 Å². The molecular weight excluding hydrogens is 262 g/mol. The summed E-state index contributed by atoms with van der Waals surface area (Å²) < 4.78 is 0. The molecule has 0 aromatic rings. The summed E-state index contributed by atoms with van der Waals surface area (Å²) in [6.45, 7) is 4.45. The first-order valence-corrected chi connectivity index (χ1v) is 8.95. The van der Waals surface area contributed by atoms with E-state index in [9.17, 15) is 9.90 Å². The molecule has 0 radical (unpaired) electrons. The number of carbonyl (C=O) groups is 1. The molecule has 0 bridgehead atoms. The summed E-state index contributed by atoms with van der Waals surface area (Å²) in [5, 5.41) is 9.25. The summed E-state index contributed by atoms with van der Waals surface area (Å²) in [6.07, 6.45) is 16.7. The van der Waals surface area contributed by atoms with Gasteiger partial charge in [-0.25, -0.2) is 0 Å². The molecule has 0 saturated carbocycles. The van der Waals surface area contributed by atoms with E-state index in [0.717, 1.165) is 25.7 Å². The topological polar surface area (TPSA) is 72.3 Å². The fraction of sp³-hybridized carbons (Fsp3) is 0.944. The molecule has 0 heterocycles. The Labute approximate surface area is 132 Å². The summed E-state index contributed by atoms with van der Waals surface area (Å²) in [5.74, 6) is -0.667. The fourth-order valence-corrected chi connectivity index (χ4v) is 2.73. The lowest BCUT2D eigenvalue weighted by Crippen LogP contribution is -2.13. The van der Waals surface area contributed by atoms with E-state index in [1.54, 1.807) is 0 Å².